The highest BCUT2D eigenvalue weighted by molar-refractivity contribution is 6.13. The standard InChI is InChI=1S/C22H20FN3O4/c1-11(27)18-16-17(22(25-18)14-4-2-3-5-15(14)24-21(22)30)20(29)26(19(16)28)10-12-6-8-13(23)9-7-12/h2-9,11,16-18,25,27H,10H2,1H3,(H,24,30)/p+1/t11-,16+,17+,18+,22+/m1/s1. The molecule has 2 saturated heterocycles. The summed E-state index contributed by atoms with van der Waals surface area (Å²) in [5.74, 6) is -3.36. The maximum Gasteiger partial charge on any atom is 0.291 e. The zero-order valence-electron chi connectivity index (χ0n) is 16.2. The Morgan fingerprint density at radius 2 is 1.83 bits per heavy atom. The van der Waals surface area contributed by atoms with Crippen LogP contribution in [0.4, 0.5) is 10.1 Å². The van der Waals surface area contributed by atoms with Crippen LogP contribution in [0.25, 0.3) is 0 Å². The highest BCUT2D eigenvalue weighted by Gasteiger charge is 2.74. The number of nitrogens with two attached hydrogens (primary N) is 1. The van der Waals surface area contributed by atoms with E-state index in [-0.39, 0.29) is 12.5 Å². The van der Waals surface area contributed by atoms with E-state index in [9.17, 15) is 23.9 Å². The van der Waals surface area contributed by atoms with Crippen LogP contribution in [0.3, 0.4) is 0 Å². The van der Waals surface area contributed by atoms with Gasteiger partial charge in [-0.3, -0.25) is 19.3 Å². The number of hydrogen-bond donors (Lipinski definition) is 3. The number of halogens is 1. The van der Waals surface area contributed by atoms with Gasteiger partial charge in [0, 0.05) is 5.56 Å². The van der Waals surface area contributed by atoms with Crippen molar-refractivity contribution in [2.45, 2.75) is 31.2 Å². The van der Waals surface area contributed by atoms with E-state index in [4.69, 9.17) is 0 Å². The lowest BCUT2D eigenvalue weighted by Crippen LogP contribution is -3.00. The van der Waals surface area contributed by atoms with Crippen molar-refractivity contribution >= 4 is 23.4 Å². The maximum absolute atomic E-state index is 13.5. The number of quaternary nitrogens is 1. The van der Waals surface area contributed by atoms with Gasteiger partial charge in [0.05, 0.1) is 12.2 Å². The second-order valence-electron chi connectivity index (χ2n) is 8.25. The van der Waals surface area contributed by atoms with Crippen molar-refractivity contribution in [3.8, 4) is 0 Å². The molecule has 0 radical (unpaired) electrons. The van der Waals surface area contributed by atoms with E-state index in [1.807, 2.05) is 0 Å². The smallest absolute Gasteiger partial charge is 0.291 e. The molecule has 0 aromatic heterocycles. The van der Waals surface area contributed by atoms with E-state index in [0.717, 1.165) is 4.90 Å². The van der Waals surface area contributed by atoms with E-state index < -0.39 is 47.2 Å². The third-order valence-corrected chi connectivity index (χ3v) is 6.61. The highest BCUT2D eigenvalue weighted by atomic mass is 19.1. The molecule has 2 aromatic rings. The van der Waals surface area contributed by atoms with Crippen molar-refractivity contribution in [3.05, 3.63) is 65.5 Å². The third kappa shape index (κ3) is 2.41. The molecule has 0 aliphatic carbocycles. The summed E-state index contributed by atoms with van der Waals surface area (Å²) in [7, 11) is 0. The summed E-state index contributed by atoms with van der Waals surface area (Å²) in [6, 6.07) is 12.1. The number of amides is 3. The molecule has 3 aliphatic rings. The summed E-state index contributed by atoms with van der Waals surface area (Å²) < 4.78 is 13.2. The topological polar surface area (TPSA) is 103 Å². The Bertz CT molecular complexity index is 1070. The molecular formula is C22H21FN3O4+. The summed E-state index contributed by atoms with van der Waals surface area (Å²) in [4.78, 5) is 41.1. The van der Waals surface area contributed by atoms with Crippen LogP contribution in [0.2, 0.25) is 0 Å². The fourth-order valence-corrected chi connectivity index (χ4v) is 5.27. The number of para-hydroxylation sites is 1. The van der Waals surface area contributed by atoms with Gasteiger partial charge in [0.15, 0.2) is 0 Å². The number of carbonyl (C=O) groups excluding carboxylic acids is 3. The van der Waals surface area contributed by atoms with E-state index in [2.05, 4.69) is 5.32 Å². The lowest BCUT2D eigenvalue weighted by Gasteiger charge is -2.27. The lowest BCUT2D eigenvalue weighted by molar-refractivity contribution is -0.738. The zero-order valence-corrected chi connectivity index (χ0v) is 16.2. The van der Waals surface area contributed by atoms with E-state index in [0.29, 0.717) is 16.8 Å². The Morgan fingerprint density at radius 1 is 1.13 bits per heavy atom. The molecule has 5 atom stereocenters. The van der Waals surface area contributed by atoms with E-state index >= 15 is 0 Å². The molecule has 2 aromatic carbocycles. The number of anilines is 1. The minimum absolute atomic E-state index is 0.00315. The summed E-state index contributed by atoms with van der Waals surface area (Å²) in [6.07, 6.45) is -0.903. The van der Waals surface area contributed by atoms with Crippen molar-refractivity contribution in [3.63, 3.8) is 0 Å². The first-order valence-electron chi connectivity index (χ1n) is 9.89. The van der Waals surface area contributed by atoms with Crippen molar-refractivity contribution in [2.75, 3.05) is 5.32 Å². The molecular weight excluding hydrogens is 389 g/mol. The molecule has 0 bridgehead atoms. The van der Waals surface area contributed by atoms with Gasteiger partial charge < -0.3 is 15.7 Å². The first-order chi connectivity index (χ1) is 14.3. The number of likely N-dealkylation sites (tertiary alicyclic amines) is 1. The average molecular weight is 410 g/mol. The molecule has 4 N–H and O–H groups in total. The Balaban J connectivity index is 1.59. The summed E-state index contributed by atoms with van der Waals surface area (Å²) >= 11 is 0. The molecule has 5 rings (SSSR count). The fourth-order valence-electron chi connectivity index (χ4n) is 5.27. The first-order valence-corrected chi connectivity index (χ1v) is 9.89. The minimum Gasteiger partial charge on any atom is -0.387 e. The predicted octanol–water partition coefficient (Wildman–Crippen LogP) is 0.101. The number of aliphatic hydroxyl groups is 1. The molecule has 8 heteroatoms. The summed E-state index contributed by atoms with van der Waals surface area (Å²) in [5, 5.41) is 14.9. The molecule has 154 valence electrons. The van der Waals surface area contributed by atoms with E-state index in [1.54, 1.807) is 36.5 Å². The van der Waals surface area contributed by atoms with Crippen molar-refractivity contribution < 1.29 is 29.2 Å². The molecule has 3 heterocycles. The van der Waals surface area contributed by atoms with Crippen LogP contribution in [0.1, 0.15) is 18.1 Å². The number of carbonyl (C=O) groups is 3. The molecule has 30 heavy (non-hydrogen) atoms. The molecule has 0 unspecified atom stereocenters. The molecule has 3 aliphatic heterocycles. The first kappa shape index (κ1) is 18.9. The largest absolute Gasteiger partial charge is 0.387 e. The second-order valence-corrected chi connectivity index (χ2v) is 8.25. The van der Waals surface area contributed by atoms with Gasteiger partial charge in [0.2, 0.25) is 17.4 Å². The Labute approximate surface area is 171 Å². The van der Waals surface area contributed by atoms with Crippen LogP contribution < -0.4 is 10.6 Å². The molecule has 3 amide bonds. The monoisotopic (exact) mass is 410 g/mol. The van der Waals surface area contributed by atoms with Gasteiger partial charge in [-0.15, -0.1) is 0 Å². The fraction of sp³-hybridized carbons (Fsp3) is 0.318. The summed E-state index contributed by atoms with van der Waals surface area (Å²) in [6.45, 7) is 1.56. The zero-order chi connectivity index (χ0) is 21.2. The minimum atomic E-state index is -1.30. The predicted molar refractivity (Wildman–Crippen MR) is 103 cm³/mol. The summed E-state index contributed by atoms with van der Waals surface area (Å²) in [5.41, 5.74) is 0.576. The van der Waals surface area contributed by atoms with Crippen LogP contribution in [0, 0.1) is 17.7 Å². The van der Waals surface area contributed by atoms with Gasteiger partial charge in [0.1, 0.15) is 29.8 Å². The molecule has 7 nitrogen and oxygen atoms in total. The van der Waals surface area contributed by atoms with E-state index in [1.165, 1.54) is 24.3 Å². The van der Waals surface area contributed by atoms with Crippen molar-refractivity contribution in [1.29, 1.82) is 0 Å². The number of hydrogen-bond acceptors (Lipinski definition) is 4. The number of imide groups is 1. The number of nitrogens with zero attached hydrogens (tertiary/aromatic N) is 1. The van der Waals surface area contributed by atoms with Crippen molar-refractivity contribution in [1.82, 2.24) is 4.90 Å². The Kier molecular flexibility index (Phi) is 4.06. The van der Waals surface area contributed by atoms with Crippen LogP contribution in [0.15, 0.2) is 48.5 Å². The normalized spacial score (nSPS) is 30.6. The highest BCUT2D eigenvalue weighted by Crippen LogP contribution is 2.49. The number of rotatable bonds is 3. The molecule has 2 fully saturated rings. The number of fused-ring (bicyclic) bond motifs is 4. The third-order valence-electron chi connectivity index (χ3n) is 6.61. The van der Waals surface area contributed by atoms with Gasteiger partial charge in [-0.1, -0.05) is 30.3 Å². The lowest BCUT2D eigenvalue weighted by atomic mass is 9.76. The number of nitrogens with one attached hydrogen (secondary N) is 1. The van der Waals surface area contributed by atoms with Gasteiger partial charge in [-0.2, -0.15) is 0 Å². The quantitative estimate of drug-likeness (QED) is 0.625. The average Bonchev–Trinajstić information content (AvgIpc) is 3.31. The Morgan fingerprint density at radius 3 is 2.53 bits per heavy atom. The second kappa shape index (κ2) is 6.45. The maximum atomic E-state index is 13.5. The number of aliphatic hydroxyl groups excluding tert-OH is 1. The number of benzene rings is 2. The molecule has 1 spiro atoms. The van der Waals surface area contributed by atoms with Crippen LogP contribution in [-0.4, -0.2) is 39.9 Å². The molecule has 0 saturated carbocycles. The van der Waals surface area contributed by atoms with Gasteiger partial charge in [0.25, 0.3) is 5.91 Å². The SMILES string of the molecule is C[C@@H](O)[C@@H]1[NH2+][C@]2(C(=O)Nc3ccccc32)[C@@H]2C(=O)N(Cc3ccc(F)cc3)C(=O)[C@H]12. The van der Waals surface area contributed by atoms with Crippen LogP contribution >= 0.6 is 0 Å². The van der Waals surface area contributed by atoms with Gasteiger partial charge >= 0.3 is 0 Å². The van der Waals surface area contributed by atoms with Crippen LogP contribution in [-0.2, 0) is 26.5 Å². The Hall–Kier alpha value is -3.10. The van der Waals surface area contributed by atoms with Crippen molar-refractivity contribution in [2.24, 2.45) is 11.8 Å². The van der Waals surface area contributed by atoms with Gasteiger partial charge in [-0.25, -0.2) is 4.39 Å². The van der Waals surface area contributed by atoms with Gasteiger partial charge in [-0.05, 0) is 30.7 Å². The van der Waals surface area contributed by atoms with Crippen LogP contribution in [0.5, 0.6) is 0 Å².